The molecule has 0 aliphatic rings. The van der Waals surface area contributed by atoms with Gasteiger partial charge in [-0.05, 0) is 31.2 Å². The Hall–Kier alpha value is -2.17. The van der Waals surface area contributed by atoms with Crippen LogP contribution in [0.3, 0.4) is 0 Å². The first kappa shape index (κ1) is 15.7. The Bertz CT molecular complexity index is 839. The molecule has 1 heterocycles. The Balaban J connectivity index is 1.68. The van der Waals surface area contributed by atoms with Crippen molar-refractivity contribution in [1.82, 2.24) is 4.98 Å². The number of halogens is 1. The normalized spacial score (nSPS) is 12.6. The maximum Gasteiger partial charge on any atom is 0.331 e. The largest absolute Gasteiger partial charge is 0.455 e. The van der Waals surface area contributed by atoms with Crippen LogP contribution >= 0.6 is 22.9 Å². The van der Waals surface area contributed by atoms with Crippen LogP contribution in [0.1, 0.15) is 23.6 Å². The number of carbonyl (C=O) groups is 1. The van der Waals surface area contributed by atoms with Crippen LogP contribution < -0.4 is 0 Å². The summed E-state index contributed by atoms with van der Waals surface area (Å²) in [4.78, 5) is 16.4. The van der Waals surface area contributed by atoms with Crippen LogP contribution in [-0.4, -0.2) is 11.0 Å². The van der Waals surface area contributed by atoms with Crippen molar-refractivity contribution >= 4 is 45.2 Å². The molecular weight excluding hydrogens is 330 g/mol. The summed E-state index contributed by atoms with van der Waals surface area (Å²) >= 11 is 7.63. The molecule has 5 heteroatoms. The molecule has 0 aliphatic heterocycles. The fourth-order valence-electron chi connectivity index (χ4n) is 2.18. The van der Waals surface area contributed by atoms with Gasteiger partial charge >= 0.3 is 5.97 Å². The number of thiazole rings is 1. The number of nitrogens with zero attached hydrogens (tertiary/aromatic N) is 1. The molecule has 2 aromatic carbocycles. The highest BCUT2D eigenvalue weighted by Gasteiger charge is 2.12. The van der Waals surface area contributed by atoms with Crippen molar-refractivity contribution in [1.29, 1.82) is 0 Å². The number of fused-ring (bicyclic) bond motifs is 1. The second-order valence-corrected chi connectivity index (χ2v) is 6.42. The van der Waals surface area contributed by atoms with Crippen LogP contribution in [0.15, 0.2) is 54.6 Å². The quantitative estimate of drug-likeness (QED) is 0.478. The molecule has 0 bridgehead atoms. The molecule has 0 radical (unpaired) electrons. The van der Waals surface area contributed by atoms with E-state index >= 15 is 0 Å². The summed E-state index contributed by atoms with van der Waals surface area (Å²) in [5.41, 5.74) is 1.71. The number of esters is 1. The third kappa shape index (κ3) is 3.78. The molecule has 0 unspecified atom stereocenters. The topological polar surface area (TPSA) is 39.2 Å². The Kier molecular flexibility index (Phi) is 4.74. The maximum atomic E-state index is 12.0. The SMILES string of the molecule is C[C@@H](OC(=O)/C=C/c1nc2ccccc2s1)c1ccccc1Cl. The number of hydrogen-bond acceptors (Lipinski definition) is 4. The zero-order valence-electron chi connectivity index (χ0n) is 12.4. The molecule has 1 atom stereocenters. The third-order valence-electron chi connectivity index (χ3n) is 3.31. The lowest BCUT2D eigenvalue weighted by Crippen LogP contribution is -2.06. The van der Waals surface area contributed by atoms with Gasteiger partial charge in [-0.15, -0.1) is 11.3 Å². The second-order valence-electron chi connectivity index (χ2n) is 4.95. The summed E-state index contributed by atoms with van der Waals surface area (Å²) in [6.07, 6.45) is 2.66. The van der Waals surface area contributed by atoms with E-state index in [1.54, 1.807) is 19.1 Å². The average Bonchev–Trinajstić information content (AvgIpc) is 2.96. The van der Waals surface area contributed by atoms with Crippen LogP contribution in [0.2, 0.25) is 5.02 Å². The van der Waals surface area contributed by atoms with Crippen molar-refractivity contribution in [2.45, 2.75) is 13.0 Å². The summed E-state index contributed by atoms with van der Waals surface area (Å²) in [5, 5.41) is 1.36. The molecule has 0 saturated carbocycles. The van der Waals surface area contributed by atoms with Gasteiger partial charge in [-0.1, -0.05) is 41.9 Å². The molecule has 116 valence electrons. The molecule has 3 rings (SSSR count). The Morgan fingerprint density at radius 2 is 1.96 bits per heavy atom. The van der Waals surface area contributed by atoms with Gasteiger partial charge in [0.2, 0.25) is 0 Å². The van der Waals surface area contributed by atoms with E-state index < -0.39 is 12.1 Å². The highest BCUT2D eigenvalue weighted by Crippen LogP contribution is 2.25. The van der Waals surface area contributed by atoms with E-state index in [0.717, 1.165) is 20.8 Å². The molecule has 1 aromatic heterocycles. The predicted octanol–water partition coefficient (Wildman–Crippen LogP) is 5.27. The Labute approximate surface area is 143 Å². The molecule has 23 heavy (non-hydrogen) atoms. The van der Waals surface area contributed by atoms with Gasteiger partial charge < -0.3 is 4.74 Å². The number of benzene rings is 2. The molecule has 3 nitrogen and oxygen atoms in total. The summed E-state index contributed by atoms with van der Waals surface area (Å²) in [6, 6.07) is 15.2. The van der Waals surface area contributed by atoms with Crippen molar-refractivity contribution < 1.29 is 9.53 Å². The highest BCUT2D eigenvalue weighted by atomic mass is 35.5. The van der Waals surface area contributed by atoms with Crippen molar-refractivity contribution in [3.63, 3.8) is 0 Å². The lowest BCUT2D eigenvalue weighted by molar-refractivity contribution is -0.142. The van der Waals surface area contributed by atoms with E-state index in [4.69, 9.17) is 16.3 Å². The first-order chi connectivity index (χ1) is 11.1. The van der Waals surface area contributed by atoms with Gasteiger partial charge in [-0.2, -0.15) is 0 Å². The van der Waals surface area contributed by atoms with E-state index in [1.165, 1.54) is 17.4 Å². The molecule has 3 aromatic rings. The van der Waals surface area contributed by atoms with Crippen LogP contribution in [0.5, 0.6) is 0 Å². The van der Waals surface area contributed by atoms with E-state index in [-0.39, 0.29) is 0 Å². The van der Waals surface area contributed by atoms with Crippen LogP contribution in [0.25, 0.3) is 16.3 Å². The Morgan fingerprint density at radius 1 is 1.22 bits per heavy atom. The molecule has 0 fully saturated rings. The molecule has 0 N–H and O–H groups in total. The van der Waals surface area contributed by atoms with Crippen molar-refractivity contribution in [3.05, 3.63) is 70.2 Å². The Morgan fingerprint density at radius 3 is 2.74 bits per heavy atom. The summed E-state index contributed by atoms with van der Waals surface area (Å²) < 4.78 is 6.47. The zero-order chi connectivity index (χ0) is 16.2. The van der Waals surface area contributed by atoms with Crippen molar-refractivity contribution in [2.75, 3.05) is 0 Å². The maximum absolute atomic E-state index is 12.0. The van der Waals surface area contributed by atoms with Gasteiger partial charge in [-0.3, -0.25) is 0 Å². The standard InChI is InChI=1S/C18H14ClNO2S/c1-12(13-6-2-3-7-14(13)19)22-18(21)11-10-17-20-15-8-4-5-9-16(15)23-17/h2-12H,1H3/b11-10+/t12-/m1/s1. The lowest BCUT2D eigenvalue weighted by Gasteiger charge is -2.13. The van der Waals surface area contributed by atoms with E-state index in [0.29, 0.717) is 5.02 Å². The van der Waals surface area contributed by atoms with E-state index in [9.17, 15) is 4.79 Å². The second kappa shape index (κ2) is 6.94. The molecule has 0 aliphatic carbocycles. The van der Waals surface area contributed by atoms with E-state index in [1.807, 2.05) is 42.5 Å². The fraction of sp³-hybridized carbons (Fsp3) is 0.111. The number of carbonyl (C=O) groups excluding carboxylic acids is 1. The third-order valence-corrected chi connectivity index (χ3v) is 4.65. The summed E-state index contributed by atoms with van der Waals surface area (Å²) in [7, 11) is 0. The van der Waals surface area contributed by atoms with Gasteiger partial charge in [0.25, 0.3) is 0 Å². The van der Waals surface area contributed by atoms with Crippen LogP contribution in [0, 0.1) is 0 Å². The van der Waals surface area contributed by atoms with Crippen molar-refractivity contribution in [2.24, 2.45) is 0 Å². The number of rotatable bonds is 4. The zero-order valence-corrected chi connectivity index (χ0v) is 14.0. The van der Waals surface area contributed by atoms with Gasteiger partial charge in [0, 0.05) is 16.7 Å². The molecule has 0 spiro atoms. The van der Waals surface area contributed by atoms with Crippen molar-refractivity contribution in [3.8, 4) is 0 Å². The van der Waals surface area contributed by atoms with Crippen LogP contribution in [0.4, 0.5) is 0 Å². The highest BCUT2D eigenvalue weighted by molar-refractivity contribution is 7.19. The summed E-state index contributed by atoms with van der Waals surface area (Å²) in [5.74, 6) is -0.420. The first-order valence-corrected chi connectivity index (χ1v) is 8.31. The number of hydrogen-bond donors (Lipinski definition) is 0. The van der Waals surface area contributed by atoms with Gasteiger partial charge in [0.15, 0.2) is 0 Å². The first-order valence-electron chi connectivity index (χ1n) is 7.12. The van der Waals surface area contributed by atoms with Gasteiger partial charge in [0.05, 0.1) is 10.2 Å². The van der Waals surface area contributed by atoms with Gasteiger partial charge in [-0.25, -0.2) is 9.78 Å². The number of aromatic nitrogens is 1. The minimum absolute atomic E-state index is 0.406. The minimum Gasteiger partial charge on any atom is -0.455 e. The predicted molar refractivity (Wildman–Crippen MR) is 94.6 cm³/mol. The smallest absolute Gasteiger partial charge is 0.331 e. The summed E-state index contributed by atoms with van der Waals surface area (Å²) in [6.45, 7) is 1.80. The molecular formula is C18H14ClNO2S. The minimum atomic E-state index is -0.420. The number of ether oxygens (including phenoxy) is 1. The van der Waals surface area contributed by atoms with Crippen LogP contribution in [-0.2, 0) is 9.53 Å². The molecule has 0 saturated heterocycles. The molecule has 0 amide bonds. The number of para-hydroxylation sites is 1. The van der Waals surface area contributed by atoms with E-state index in [2.05, 4.69) is 4.98 Å². The van der Waals surface area contributed by atoms with Gasteiger partial charge in [0.1, 0.15) is 11.1 Å². The fourth-order valence-corrected chi connectivity index (χ4v) is 3.34. The lowest BCUT2D eigenvalue weighted by atomic mass is 10.1. The average molecular weight is 344 g/mol. The monoisotopic (exact) mass is 343 g/mol.